The maximum Gasteiger partial charge on any atom is 0.317 e. The van der Waals surface area contributed by atoms with Crippen molar-refractivity contribution in [2.45, 2.75) is 44.4 Å². The van der Waals surface area contributed by atoms with Gasteiger partial charge in [0.1, 0.15) is 0 Å². The van der Waals surface area contributed by atoms with E-state index in [9.17, 15) is 9.59 Å². The Kier molecular flexibility index (Phi) is 6.48. The van der Waals surface area contributed by atoms with E-state index in [1.54, 1.807) is 14.0 Å². The maximum absolute atomic E-state index is 12.0. The van der Waals surface area contributed by atoms with Crippen LogP contribution in [0.1, 0.15) is 33.1 Å². The van der Waals surface area contributed by atoms with Crippen LogP contribution in [0.2, 0.25) is 0 Å². The van der Waals surface area contributed by atoms with Crippen molar-refractivity contribution in [3.8, 4) is 0 Å². The van der Waals surface area contributed by atoms with E-state index >= 15 is 0 Å². The highest BCUT2D eigenvalue weighted by Crippen LogP contribution is 2.29. The SMILES string of the molecule is CCSC1CCCC1NC(=O)N(C)CC(C)C(=O)O. The summed E-state index contributed by atoms with van der Waals surface area (Å²) in [6.07, 6.45) is 3.32. The molecule has 6 heteroatoms. The van der Waals surface area contributed by atoms with E-state index < -0.39 is 11.9 Å². The molecule has 0 aliphatic heterocycles. The number of amides is 2. The first-order valence-corrected chi connectivity index (χ1v) is 7.86. The van der Waals surface area contributed by atoms with Crippen LogP contribution in [0.5, 0.6) is 0 Å². The summed E-state index contributed by atoms with van der Waals surface area (Å²) in [6.45, 7) is 3.97. The third-order valence-corrected chi connectivity index (χ3v) is 4.78. The molecule has 2 amide bonds. The molecule has 2 N–H and O–H groups in total. The normalized spacial score (nSPS) is 23.9. The first-order valence-electron chi connectivity index (χ1n) is 6.81. The lowest BCUT2D eigenvalue weighted by atomic mass is 10.2. The number of aliphatic carboxylic acids is 1. The smallest absolute Gasteiger partial charge is 0.317 e. The predicted molar refractivity (Wildman–Crippen MR) is 77.5 cm³/mol. The van der Waals surface area contributed by atoms with E-state index in [4.69, 9.17) is 5.11 Å². The van der Waals surface area contributed by atoms with Gasteiger partial charge in [-0.1, -0.05) is 20.3 Å². The Balaban J connectivity index is 2.43. The lowest BCUT2D eigenvalue weighted by molar-refractivity contribution is -0.141. The second-order valence-electron chi connectivity index (χ2n) is 5.10. The zero-order chi connectivity index (χ0) is 14.4. The van der Waals surface area contributed by atoms with E-state index in [2.05, 4.69) is 12.2 Å². The molecule has 1 saturated carbocycles. The summed E-state index contributed by atoms with van der Waals surface area (Å²) in [7, 11) is 1.64. The van der Waals surface area contributed by atoms with Crippen LogP contribution >= 0.6 is 11.8 Å². The number of hydrogen-bond acceptors (Lipinski definition) is 3. The van der Waals surface area contributed by atoms with Crippen LogP contribution in [-0.4, -0.2) is 52.6 Å². The number of hydrogen-bond donors (Lipinski definition) is 2. The Hall–Kier alpha value is -0.910. The van der Waals surface area contributed by atoms with Crippen LogP contribution in [0.3, 0.4) is 0 Å². The molecule has 0 radical (unpaired) electrons. The number of carbonyl (C=O) groups excluding carboxylic acids is 1. The van der Waals surface area contributed by atoms with Crippen molar-refractivity contribution in [2.24, 2.45) is 5.92 Å². The fraction of sp³-hybridized carbons (Fsp3) is 0.846. The number of nitrogens with zero attached hydrogens (tertiary/aromatic N) is 1. The van der Waals surface area contributed by atoms with Crippen molar-refractivity contribution < 1.29 is 14.7 Å². The quantitative estimate of drug-likeness (QED) is 0.784. The van der Waals surface area contributed by atoms with Crippen LogP contribution in [0.4, 0.5) is 4.79 Å². The minimum absolute atomic E-state index is 0.165. The Bertz CT molecular complexity index is 325. The molecule has 3 atom stereocenters. The van der Waals surface area contributed by atoms with Gasteiger partial charge in [-0.3, -0.25) is 4.79 Å². The average Bonchev–Trinajstić information content (AvgIpc) is 2.76. The summed E-state index contributed by atoms with van der Waals surface area (Å²) in [4.78, 5) is 24.3. The molecular weight excluding hydrogens is 264 g/mol. The second-order valence-corrected chi connectivity index (χ2v) is 6.62. The van der Waals surface area contributed by atoms with Gasteiger partial charge >= 0.3 is 12.0 Å². The number of nitrogens with one attached hydrogen (secondary N) is 1. The van der Waals surface area contributed by atoms with E-state index in [0.717, 1.165) is 25.0 Å². The number of carbonyl (C=O) groups is 2. The summed E-state index contributed by atoms with van der Waals surface area (Å²) in [6, 6.07) is 0.0572. The topological polar surface area (TPSA) is 69.6 Å². The van der Waals surface area contributed by atoms with Crippen molar-refractivity contribution in [3.63, 3.8) is 0 Å². The standard InChI is InChI=1S/C13H24N2O3S/c1-4-19-11-7-5-6-10(11)14-13(18)15(3)8-9(2)12(16)17/h9-11H,4-8H2,1-3H3,(H,14,18)(H,16,17). The number of thioether (sulfide) groups is 1. The minimum atomic E-state index is -0.875. The number of carboxylic acids is 1. The maximum atomic E-state index is 12.0. The Morgan fingerprint density at radius 1 is 1.47 bits per heavy atom. The van der Waals surface area contributed by atoms with Crippen LogP contribution in [0.25, 0.3) is 0 Å². The summed E-state index contributed by atoms with van der Waals surface area (Å²) >= 11 is 1.89. The van der Waals surface area contributed by atoms with Gasteiger partial charge in [0.2, 0.25) is 0 Å². The molecule has 110 valence electrons. The molecule has 0 saturated heterocycles. The molecule has 0 heterocycles. The number of carboxylic acid groups (broad SMARTS) is 1. The van der Waals surface area contributed by atoms with Crippen LogP contribution in [0, 0.1) is 5.92 Å². The zero-order valence-corrected chi connectivity index (χ0v) is 12.7. The van der Waals surface area contributed by atoms with Gasteiger partial charge in [0.25, 0.3) is 0 Å². The lowest BCUT2D eigenvalue weighted by Gasteiger charge is -2.25. The molecule has 1 fully saturated rings. The van der Waals surface area contributed by atoms with Gasteiger partial charge < -0.3 is 15.3 Å². The molecule has 0 aromatic heterocycles. The largest absolute Gasteiger partial charge is 0.481 e. The Morgan fingerprint density at radius 2 is 2.16 bits per heavy atom. The van der Waals surface area contributed by atoms with E-state index in [1.165, 1.54) is 4.90 Å². The van der Waals surface area contributed by atoms with Crippen LogP contribution in [0.15, 0.2) is 0 Å². The highest BCUT2D eigenvalue weighted by atomic mass is 32.2. The Morgan fingerprint density at radius 3 is 2.74 bits per heavy atom. The molecule has 1 rings (SSSR count). The predicted octanol–water partition coefficient (Wildman–Crippen LogP) is 2.02. The Labute approximate surface area is 119 Å². The van der Waals surface area contributed by atoms with Crippen LogP contribution in [-0.2, 0) is 4.79 Å². The van der Waals surface area contributed by atoms with Crippen molar-refractivity contribution in [1.29, 1.82) is 0 Å². The summed E-state index contributed by atoms with van der Waals surface area (Å²) < 4.78 is 0. The van der Waals surface area contributed by atoms with Gasteiger partial charge in [-0.2, -0.15) is 11.8 Å². The minimum Gasteiger partial charge on any atom is -0.481 e. The summed E-state index contributed by atoms with van der Waals surface area (Å²) in [5, 5.41) is 12.4. The highest BCUT2D eigenvalue weighted by Gasteiger charge is 2.29. The molecule has 1 aliphatic rings. The molecule has 5 nitrogen and oxygen atoms in total. The third kappa shape index (κ3) is 4.93. The monoisotopic (exact) mass is 288 g/mol. The summed E-state index contributed by atoms with van der Waals surface area (Å²) in [5.74, 6) is -0.358. The van der Waals surface area contributed by atoms with Crippen molar-refractivity contribution in [3.05, 3.63) is 0 Å². The van der Waals surface area contributed by atoms with E-state index in [1.807, 2.05) is 11.8 Å². The van der Waals surface area contributed by atoms with Gasteiger partial charge in [-0.15, -0.1) is 0 Å². The molecule has 3 unspecified atom stereocenters. The zero-order valence-electron chi connectivity index (χ0n) is 11.9. The molecule has 0 aromatic carbocycles. The highest BCUT2D eigenvalue weighted by molar-refractivity contribution is 7.99. The molecule has 0 bridgehead atoms. The number of rotatable bonds is 6. The van der Waals surface area contributed by atoms with Gasteiger partial charge in [0.15, 0.2) is 0 Å². The van der Waals surface area contributed by atoms with Crippen LogP contribution < -0.4 is 5.32 Å². The van der Waals surface area contributed by atoms with Gasteiger partial charge in [-0.05, 0) is 18.6 Å². The van der Waals surface area contributed by atoms with Crippen molar-refractivity contribution in [1.82, 2.24) is 10.2 Å². The number of urea groups is 1. The van der Waals surface area contributed by atoms with Crippen molar-refractivity contribution in [2.75, 3.05) is 19.3 Å². The molecule has 1 aliphatic carbocycles. The third-order valence-electron chi connectivity index (χ3n) is 3.46. The fourth-order valence-electron chi connectivity index (χ4n) is 2.35. The van der Waals surface area contributed by atoms with E-state index in [0.29, 0.717) is 5.25 Å². The van der Waals surface area contributed by atoms with Gasteiger partial charge in [-0.25, -0.2) is 4.79 Å². The van der Waals surface area contributed by atoms with E-state index in [-0.39, 0.29) is 18.6 Å². The van der Waals surface area contributed by atoms with Crippen molar-refractivity contribution >= 4 is 23.8 Å². The molecule has 0 spiro atoms. The lowest BCUT2D eigenvalue weighted by Crippen LogP contribution is -2.47. The second kappa shape index (κ2) is 7.62. The molecule has 19 heavy (non-hydrogen) atoms. The summed E-state index contributed by atoms with van der Waals surface area (Å²) in [5.41, 5.74) is 0. The first kappa shape index (κ1) is 16.1. The molecule has 0 aromatic rings. The molecular formula is C13H24N2O3S. The first-order chi connectivity index (χ1) is 8.95. The fourth-order valence-corrected chi connectivity index (χ4v) is 3.54. The van der Waals surface area contributed by atoms with Gasteiger partial charge in [0, 0.05) is 24.9 Å². The van der Waals surface area contributed by atoms with Gasteiger partial charge in [0.05, 0.1) is 5.92 Å². The average molecular weight is 288 g/mol.